The van der Waals surface area contributed by atoms with E-state index in [9.17, 15) is 23.1 Å². The molecule has 0 aliphatic heterocycles. The highest BCUT2D eigenvalue weighted by Crippen LogP contribution is 2.22. The number of carboxylic acids is 1. The molecule has 0 saturated heterocycles. The first-order valence-corrected chi connectivity index (χ1v) is 8.95. The molecule has 8 nitrogen and oxygen atoms in total. The number of carbonyl (C=O) groups excluding carboxylic acids is 1. The predicted octanol–water partition coefficient (Wildman–Crippen LogP) is 2.17. The lowest BCUT2D eigenvalue weighted by Gasteiger charge is -2.22. The maximum absolute atomic E-state index is 11.7. The lowest BCUT2D eigenvalue weighted by molar-refractivity contribution is -0.139. The minimum atomic E-state index is -3.50. The summed E-state index contributed by atoms with van der Waals surface area (Å²) in [6.45, 7) is 5.02. The number of sulfonamides is 1. The standard InChI is InChI=1S/C15H21N2O6S/c1-15(2,3)23-14(20)16-12(13(18)19)9-10-5-7-11(8-6-10)17-24(4,21)22/h5-8,12H,9H2,1-4H3,(H,16,20)(H,18,19)/q-1/t12-/m0/s1. The van der Waals surface area contributed by atoms with Gasteiger partial charge in [0.25, 0.3) is 0 Å². The average Bonchev–Trinajstić information content (AvgIpc) is 2.36. The van der Waals surface area contributed by atoms with E-state index in [1.807, 2.05) is 0 Å². The van der Waals surface area contributed by atoms with Gasteiger partial charge < -0.3 is 19.9 Å². The first-order chi connectivity index (χ1) is 10.9. The molecular weight excluding hydrogens is 336 g/mol. The van der Waals surface area contributed by atoms with Gasteiger partial charge in [-0.25, -0.2) is 18.0 Å². The summed E-state index contributed by atoms with van der Waals surface area (Å²) in [5.74, 6) is -1.20. The molecule has 1 aromatic rings. The second-order valence-electron chi connectivity index (χ2n) is 6.23. The number of hydrogen-bond acceptors (Lipinski definition) is 5. The fourth-order valence-corrected chi connectivity index (χ4v) is 2.27. The molecule has 24 heavy (non-hydrogen) atoms. The first kappa shape index (κ1) is 19.8. The van der Waals surface area contributed by atoms with Crippen molar-refractivity contribution in [1.82, 2.24) is 5.32 Å². The smallest absolute Gasteiger partial charge is 0.408 e. The van der Waals surface area contributed by atoms with E-state index in [-0.39, 0.29) is 12.1 Å². The van der Waals surface area contributed by atoms with Crippen LogP contribution < -0.4 is 5.32 Å². The maximum Gasteiger partial charge on any atom is 0.408 e. The molecule has 1 amide bonds. The topological polar surface area (TPSA) is 124 Å². The molecule has 1 atom stereocenters. The molecule has 0 saturated carbocycles. The van der Waals surface area contributed by atoms with E-state index in [4.69, 9.17) is 4.74 Å². The minimum Gasteiger partial charge on any atom is -0.577 e. The number of nitrogens with zero attached hydrogens (tertiary/aromatic N) is 1. The predicted molar refractivity (Wildman–Crippen MR) is 88.8 cm³/mol. The number of amides is 1. The zero-order valence-electron chi connectivity index (χ0n) is 13.9. The second-order valence-corrected chi connectivity index (χ2v) is 7.88. The molecule has 0 fully saturated rings. The summed E-state index contributed by atoms with van der Waals surface area (Å²) in [5, 5.41) is 11.5. The van der Waals surface area contributed by atoms with Crippen LogP contribution in [0.4, 0.5) is 10.5 Å². The minimum absolute atomic E-state index is 0.0216. The van der Waals surface area contributed by atoms with Crippen molar-refractivity contribution in [2.75, 3.05) is 6.26 Å². The van der Waals surface area contributed by atoms with Gasteiger partial charge in [0.05, 0.1) is 10.0 Å². The Kier molecular flexibility index (Phi) is 6.19. The van der Waals surface area contributed by atoms with Crippen molar-refractivity contribution < 1.29 is 27.9 Å². The van der Waals surface area contributed by atoms with E-state index in [0.29, 0.717) is 5.56 Å². The lowest BCUT2D eigenvalue weighted by atomic mass is 10.1. The molecule has 0 aliphatic rings. The van der Waals surface area contributed by atoms with E-state index in [2.05, 4.69) is 10.0 Å². The van der Waals surface area contributed by atoms with Crippen molar-refractivity contribution in [2.45, 2.75) is 38.8 Å². The number of carboxylic acid groups (broad SMARTS) is 1. The summed E-state index contributed by atoms with van der Waals surface area (Å²) in [5.41, 5.74) is 0.112. The second kappa shape index (κ2) is 7.52. The van der Waals surface area contributed by atoms with Gasteiger partial charge in [-0.3, -0.25) is 0 Å². The summed E-state index contributed by atoms with van der Waals surface area (Å²) in [6.07, 6.45) is 0.179. The Morgan fingerprint density at radius 3 is 2.21 bits per heavy atom. The summed E-state index contributed by atoms with van der Waals surface area (Å²) in [7, 11) is -3.50. The number of rotatable bonds is 6. The van der Waals surface area contributed by atoms with Crippen molar-refractivity contribution in [3.05, 3.63) is 34.6 Å². The van der Waals surface area contributed by atoms with Gasteiger partial charge >= 0.3 is 12.1 Å². The number of nitrogens with one attached hydrogen (secondary N) is 1. The Morgan fingerprint density at radius 2 is 1.79 bits per heavy atom. The highest BCUT2D eigenvalue weighted by molar-refractivity contribution is 7.93. The van der Waals surface area contributed by atoms with Crippen molar-refractivity contribution in [1.29, 1.82) is 0 Å². The molecular formula is C15H21N2O6S-. The number of ether oxygens (including phenoxy) is 1. The highest BCUT2D eigenvalue weighted by Gasteiger charge is 2.24. The van der Waals surface area contributed by atoms with Crippen LogP contribution in [0.1, 0.15) is 26.3 Å². The summed E-state index contributed by atoms with van der Waals surface area (Å²) >= 11 is 0. The van der Waals surface area contributed by atoms with Crippen molar-refractivity contribution in [2.24, 2.45) is 0 Å². The van der Waals surface area contributed by atoms with Crippen LogP contribution in [-0.2, 0) is 26.0 Å². The number of benzene rings is 1. The van der Waals surface area contributed by atoms with Gasteiger partial charge in [-0.2, -0.15) is 0 Å². The van der Waals surface area contributed by atoms with Crippen LogP contribution in [0.15, 0.2) is 24.3 Å². The Bertz CT molecular complexity index is 692. The van der Waals surface area contributed by atoms with Crippen LogP contribution >= 0.6 is 0 Å². The van der Waals surface area contributed by atoms with E-state index in [1.165, 1.54) is 12.1 Å². The van der Waals surface area contributed by atoms with Crippen molar-refractivity contribution >= 4 is 27.8 Å². The molecule has 1 aromatic carbocycles. The first-order valence-electron chi connectivity index (χ1n) is 7.10. The average molecular weight is 357 g/mol. The zero-order chi connectivity index (χ0) is 18.5. The molecule has 0 bridgehead atoms. The zero-order valence-corrected chi connectivity index (χ0v) is 14.8. The summed E-state index contributed by atoms with van der Waals surface area (Å²) in [4.78, 5) is 23.0. The van der Waals surface area contributed by atoms with E-state index < -0.39 is 33.7 Å². The number of carbonyl (C=O) groups is 2. The molecule has 2 N–H and O–H groups in total. The molecule has 0 aliphatic carbocycles. The summed E-state index contributed by atoms with van der Waals surface area (Å²) < 4.78 is 30.7. The number of aliphatic carboxylic acids is 1. The van der Waals surface area contributed by atoms with Gasteiger partial charge in [0.15, 0.2) is 0 Å². The highest BCUT2D eigenvalue weighted by atomic mass is 32.2. The quantitative estimate of drug-likeness (QED) is 0.804. The van der Waals surface area contributed by atoms with Crippen LogP contribution in [0, 0.1) is 0 Å². The fourth-order valence-electron chi connectivity index (χ4n) is 1.77. The van der Waals surface area contributed by atoms with Gasteiger partial charge in [-0.05, 0) is 26.3 Å². The molecule has 0 spiro atoms. The molecule has 0 aromatic heterocycles. The molecule has 1 rings (SSSR count). The van der Waals surface area contributed by atoms with Crippen LogP contribution in [0.2, 0.25) is 0 Å². The third kappa shape index (κ3) is 7.82. The SMILES string of the molecule is CC(C)(C)OC(=O)N[C@@H](Cc1ccc([N-]S(C)(=O)=O)cc1)C(=O)O. The molecule has 0 unspecified atom stereocenters. The normalized spacial score (nSPS) is 13.0. The number of hydrogen-bond donors (Lipinski definition) is 2. The van der Waals surface area contributed by atoms with E-state index in [1.54, 1.807) is 32.9 Å². The number of alkyl carbamates (subject to hydrolysis) is 1. The molecule has 0 heterocycles. The van der Waals surface area contributed by atoms with Crippen LogP contribution in [-0.4, -0.2) is 43.5 Å². The Hall–Kier alpha value is -2.29. The fraction of sp³-hybridized carbons (Fsp3) is 0.467. The van der Waals surface area contributed by atoms with E-state index >= 15 is 0 Å². The Morgan fingerprint density at radius 1 is 1.25 bits per heavy atom. The van der Waals surface area contributed by atoms with Gasteiger partial charge in [-0.1, -0.05) is 24.3 Å². The van der Waals surface area contributed by atoms with Gasteiger partial charge in [0.1, 0.15) is 11.6 Å². The van der Waals surface area contributed by atoms with Gasteiger partial charge in [-0.15, -0.1) is 5.69 Å². The third-order valence-corrected chi connectivity index (χ3v) is 3.18. The van der Waals surface area contributed by atoms with Crippen molar-refractivity contribution in [3.63, 3.8) is 0 Å². The van der Waals surface area contributed by atoms with Gasteiger partial charge in [0, 0.05) is 12.7 Å². The molecule has 9 heteroatoms. The van der Waals surface area contributed by atoms with Crippen LogP contribution in [0.25, 0.3) is 4.72 Å². The van der Waals surface area contributed by atoms with Gasteiger partial charge in [0.2, 0.25) is 0 Å². The monoisotopic (exact) mass is 357 g/mol. The van der Waals surface area contributed by atoms with Crippen molar-refractivity contribution in [3.8, 4) is 0 Å². The maximum atomic E-state index is 11.7. The van der Waals surface area contributed by atoms with E-state index in [0.717, 1.165) is 6.26 Å². The molecule has 0 radical (unpaired) electrons. The summed E-state index contributed by atoms with van der Waals surface area (Å²) in [6, 6.07) is 4.86. The Labute approximate surface area is 141 Å². The van der Waals surface area contributed by atoms with Crippen LogP contribution in [0.5, 0.6) is 0 Å². The molecule has 134 valence electrons. The largest absolute Gasteiger partial charge is 0.577 e. The third-order valence-electron chi connectivity index (χ3n) is 2.64. The Balaban J connectivity index is 2.75. The van der Waals surface area contributed by atoms with Crippen LogP contribution in [0.3, 0.4) is 0 Å². The lowest BCUT2D eigenvalue weighted by Crippen LogP contribution is -2.44.